The van der Waals surface area contributed by atoms with Gasteiger partial charge in [0.15, 0.2) is 0 Å². The predicted octanol–water partition coefficient (Wildman–Crippen LogP) is 2.51. The molecule has 0 radical (unpaired) electrons. The zero-order chi connectivity index (χ0) is 14.9. The summed E-state index contributed by atoms with van der Waals surface area (Å²) in [6.07, 6.45) is 3.18. The summed E-state index contributed by atoms with van der Waals surface area (Å²) in [4.78, 5) is 14.8. The summed E-state index contributed by atoms with van der Waals surface area (Å²) in [6, 6.07) is 7.88. The largest absolute Gasteiger partial charge is 0.381 e. The molecule has 1 unspecified atom stereocenters. The minimum atomic E-state index is -0.764. The average Bonchev–Trinajstić information content (AvgIpc) is 2.96. The molecule has 2 N–H and O–H groups in total. The van der Waals surface area contributed by atoms with Crippen LogP contribution < -0.4 is 5.73 Å². The number of hydrogen-bond acceptors (Lipinski definition) is 3. The molecule has 21 heavy (non-hydrogen) atoms. The van der Waals surface area contributed by atoms with E-state index in [2.05, 4.69) is 0 Å². The van der Waals surface area contributed by atoms with Crippen molar-refractivity contribution in [3.8, 4) is 0 Å². The minimum Gasteiger partial charge on any atom is -0.381 e. The lowest BCUT2D eigenvalue weighted by molar-refractivity contribution is -0.141. The first-order valence-corrected chi connectivity index (χ1v) is 7.91. The number of nitrogens with zero attached hydrogens (tertiary/aromatic N) is 1. The summed E-state index contributed by atoms with van der Waals surface area (Å²) in [6.45, 7) is 1.91. The van der Waals surface area contributed by atoms with Crippen LogP contribution in [0.25, 0.3) is 0 Å². The van der Waals surface area contributed by atoms with Gasteiger partial charge in [-0.2, -0.15) is 0 Å². The Morgan fingerprint density at radius 2 is 2.14 bits per heavy atom. The van der Waals surface area contributed by atoms with Crippen LogP contribution in [0.2, 0.25) is 5.02 Å². The topological polar surface area (TPSA) is 55.6 Å². The number of carbonyl (C=O) groups is 1. The lowest BCUT2D eigenvalue weighted by atomic mass is 9.89. The summed E-state index contributed by atoms with van der Waals surface area (Å²) in [5.41, 5.74) is 6.69. The van der Waals surface area contributed by atoms with Crippen LogP contribution in [0.1, 0.15) is 37.3 Å². The molecule has 1 aromatic rings. The van der Waals surface area contributed by atoms with Crippen LogP contribution in [-0.2, 0) is 9.53 Å². The molecule has 0 saturated carbocycles. The van der Waals surface area contributed by atoms with Gasteiger partial charge in [0.1, 0.15) is 0 Å². The van der Waals surface area contributed by atoms with Gasteiger partial charge in [0, 0.05) is 24.8 Å². The SMILES string of the molecule is NC1(C(=O)N2CCCC2c2cccc(Cl)c2)CCOCC1. The third-order valence-corrected chi connectivity index (χ3v) is 4.79. The molecule has 2 fully saturated rings. The Labute approximate surface area is 130 Å². The monoisotopic (exact) mass is 308 g/mol. The first-order chi connectivity index (χ1) is 10.1. The first kappa shape index (κ1) is 14.8. The quantitative estimate of drug-likeness (QED) is 0.913. The number of carbonyl (C=O) groups excluding carboxylic acids is 1. The van der Waals surface area contributed by atoms with Crippen LogP contribution >= 0.6 is 11.6 Å². The van der Waals surface area contributed by atoms with Gasteiger partial charge in [-0.25, -0.2) is 0 Å². The normalized spacial score (nSPS) is 25.0. The van der Waals surface area contributed by atoms with Crippen molar-refractivity contribution in [2.75, 3.05) is 19.8 Å². The Bertz CT molecular complexity index is 529. The number of hydrogen-bond donors (Lipinski definition) is 1. The molecule has 1 atom stereocenters. The molecule has 3 rings (SSSR count). The molecule has 1 aromatic carbocycles. The second kappa shape index (κ2) is 5.95. The molecule has 2 heterocycles. The van der Waals surface area contributed by atoms with Crippen molar-refractivity contribution >= 4 is 17.5 Å². The highest BCUT2D eigenvalue weighted by Gasteiger charge is 2.42. The molecule has 2 aliphatic heterocycles. The second-order valence-electron chi connectivity index (χ2n) is 5.98. The highest BCUT2D eigenvalue weighted by molar-refractivity contribution is 6.30. The van der Waals surface area contributed by atoms with Crippen molar-refractivity contribution in [3.05, 3.63) is 34.9 Å². The van der Waals surface area contributed by atoms with Crippen molar-refractivity contribution in [1.82, 2.24) is 4.90 Å². The highest BCUT2D eigenvalue weighted by Crippen LogP contribution is 2.35. The van der Waals surface area contributed by atoms with E-state index in [0.717, 1.165) is 24.9 Å². The van der Waals surface area contributed by atoms with Crippen LogP contribution in [0.5, 0.6) is 0 Å². The third kappa shape index (κ3) is 2.93. The molecular formula is C16H21ClN2O2. The lowest BCUT2D eigenvalue weighted by Gasteiger charge is -2.37. The van der Waals surface area contributed by atoms with Gasteiger partial charge in [0.2, 0.25) is 5.91 Å². The van der Waals surface area contributed by atoms with Crippen LogP contribution in [0, 0.1) is 0 Å². The van der Waals surface area contributed by atoms with E-state index in [4.69, 9.17) is 22.1 Å². The number of halogens is 1. The van der Waals surface area contributed by atoms with E-state index in [1.807, 2.05) is 29.2 Å². The molecular weight excluding hydrogens is 288 g/mol. The molecule has 0 spiro atoms. The van der Waals surface area contributed by atoms with E-state index in [1.165, 1.54) is 0 Å². The summed E-state index contributed by atoms with van der Waals surface area (Å²) in [7, 11) is 0. The summed E-state index contributed by atoms with van der Waals surface area (Å²) >= 11 is 6.08. The standard InChI is InChI=1S/C16H21ClN2O2/c17-13-4-1-3-12(11-13)14-5-2-8-19(14)15(20)16(18)6-9-21-10-7-16/h1,3-4,11,14H,2,5-10,18H2. The van der Waals surface area contributed by atoms with Gasteiger partial charge in [0.05, 0.1) is 11.6 Å². The van der Waals surface area contributed by atoms with E-state index in [0.29, 0.717) is 31.1 Å². The fourth-order valence-corrected chi connectivity index (χ4v) is 3.50. The molecule has 2 saturated heterocycles. The van der Waals surface area contributed by atoms with Crippen molar-refractivity contribution in [2.24, 2.45) is 5.73 Å². The summed E-state index contributed by atoms with van der Waals surface area (Å²) in [5.74, 6) is 0.0632. The number of rotatable bonds is 2. The maximum atomic E-state index is 12.9. The number of ether oxygens (including phenoxy) is 1. The maximum Gasteiger partial charge on any atom is 0.243 e. The van der Waals surface area contributed by atoms with Gasteiger partial charge in [-0.15, -0.1) is 0 Å². The van der Waals surface area contributed by atoms with Crippen LogP contribution in [0.15, 0.2) is 24.3 Å². The fraction of sp³-hybridized carbons (Fsp3) is 0.562. The molecule has 0 aromatic heterocycles. The number of nitrogens with two attached hydrogens (primary N) is 1. The van der Waals surface area contributed by atoms with E-state index in [9.17, 15) is 4.79 Å². The molecule has 114 valence electrons. The molecule has 0 aliphatic carbocycles. The third-order valence-electron chi connectivity index (χ3n) is 4.56. The highest BCUT2D eigenvalue weighted by atomic mass is 35.5. The fourth-order valence-electron chi connectivity index (χ4n) is 3.31. The van der Waals surface area contributed by atoms with Crippen LogP contribution in [-0.4, -0.2) is 36.1 Å². The average molecular weight is 309 g/mol. The second-order valence-corrected chi connectivity index (χ2v) is 6.42. The smallest absolute Gasteiger partial charge is 0.243 e. The molecule has 2 aliphatic rings. The number of benzene rings is 1. The zero-order valence-electron chi connectivity index (χ0n) is 12.1. The van der Waals surface area contributed by atoms with Crippen LogP contribution in [0.4, 0.5) is 0 Å². The van der Waals surface area contributed by atoms with E-state index >= 15 is 0 Å². The lowest BCUT2D eigenvalue weighted by Crippen LogP contribution is -2.57. The van der Waals surface area contributed by atoms with Crippen molar-refractivity contribution in [1.29, 1.82) is 0 Å². The summed E-state index contributed by atoms with van der Waals surface area (Å²) in [5, 5.41) is 0.709. The Morgan fingerprint density at radius 3 is 2.86 bits per heavy atom. The van der Waals surface area contributed by atoms with Gasteiger partial charge in [-0.3, -0.25) is 4.79 Å². The van der Waals surface area contributed by atoms with E-state index in [1.54, 1.807) is 0 Å². The van der Waals surface area contributed by atoms with Gasteiger partial charge < -0.3 is 15.4 Å². The van der Waals surface area contributed by atoms with Gasteiger partial charge in [-0.1, -0.05) is 23.7 Å². The summed E-state index contributed by atoms with van der Waals surface area (Å²) < 4.78 is 5.34. The van der Waals surface area contributed by atoms with Crippen molar-refractivity contribution in [2.45, 2.75) is 37.3 Å². The van der Waals surface area contributed by atoms with Gasteiger partial charge in [0.25, 0.3) is 0 Å². The Balaban J connectivity index is 1.82. The molecule has 1 amide bonds. The number of amides is 1. The Morgan fingerprint density at radius 1 is 1.38 bits per heavy atom. The maximum absolute atomic E-state index is 12.9. The Hall–Kier alpha value is -1.10. The van der Waals surface area contributed by atoms with Crippen molar-refractivity contribution < 1.29 is 9.53 Å². The van der Waals surface area contributed by atoms with E-state index in [-0.39, 0.29) is 11.9 Å². The van der Waals surface area contributed by atoms with E-state index < -0.39 is 5.54 Å². The number of likely N-dealkylation sites (tertiary alicyclic amines) is 1. The van der Waals surface area contributed by atoms with Gasteiger partial charge in [-0.05, 0) is 43.4 Å². The molecule has 4 nitrogen and oxygen atoms in total. The van der Waals surface area contributed by atoms with Gasteiger partial charge >= 0.3 is 0 Å². The van der Waals surface area contributed by atoms with Crippen molar-refractivity contribution in [3.63, 3.8) is 0 Å². The molecule has 5 heteroatoms. The first-order valence-electron chi connectivity index (χ1n) is 7.53. The zero-order valence-corrected chi connectivity index (χ0v) is 12.8. The predicted molar refractivity (Wildman–Crippen MR) is 82.1 cm³/mol. The molecule has 0 bridgehead atoms. The van der Waals surface area contributed by atoms with Crippen LogP contribution in [0.3, 0.4) is 0 Å². The minimum absolute atomic E-state index is 0.0632. The Kier molecular flexibility index (Phi) is 4.20.